The summed E-state index contributed by atoms with van der Waals surface area (Å²) in [5, 5.41) is 11.8. The average Bonchev–Trinajstić information content (AvgIpc) is 2.03. The molecular weight excluding hydrogens is 166 g/mol. The molecule has 0 saturated heterocycles. The molecule has 1 aromatic rings. The van der Waals surface area contributed by atoms with Crippen LogP contribution in [0.4, 0.5) is 5.69 Å². The highest BCUT2D eigenvalue weighted by Gasteiger charge is 2.07. The minimum Gasteiger partial charge on any atom is -0.478 e. The van der Waals surface area contributed by atoms with E-state index >= 15 is 0 Å². The molecule has 0 fully saturated rings. The van der Waals surface area contributed by atoms with E-state index in [2.05, 4.69) is 5.32 Å². The van der Waals surface area contributed by atoms with Gasteiger partial charge in [-0.25, -0.2) is 4.79 Å². The van der Waals surface area contributed by atoms with Crippen LogP contribution in [0.1, 0.15) is 21.5 Å². The van der Waals surface area contributed by atoms with Crippen molar-refractivity contribution in [3.63, 3.8) is 0 Å². The third-order valence-electron chi connectivity index (χ3n) is 2.03. The third kappa shape index (κ3) is 1.80. The number of carboxylic acids is 1. The second kappa shape index (κ2) is 3.47. The summed E-state index contributed by atoms with van der Waals surface area (Å²) in [6.07, 6.45) is 0. The summed E-state index contributed by atoms with van der Waals surface area (Å²) in [6, 6.07) is 3.34. The van der Waals surface area contributed by atoms with E-state index in [0.29, 0.717) is 5.56 Å². The summed E-state index contributed by atoms with van der Waals surface area (Å²) >= 11 is 0. The Morgan fingerprint density at radius 3 is 2.08 bits per heavy atom. The van der Waals surface area contributed by atoms with Gasteiger partial charge < -0.3 is 10.4 Å². The lowest BCUT2D eigenvalue weighted by Gasteiger charge is -2.09. The largest absolute Gasteiger partial charge is 0.478 e. The molecule has 0 aliphatic heterocycles. The summed E-state index contributed by atoms with van der Waals surface area (Å²) in [5.74, 6) is -0.881. The van der Waals surface area contributed by atoms with Crippen molar-refractivity contribution in [3.05, 3.63) is 28.8 Å². The van der Waals surface area contributed by atoms with Gasteiger partial charge in [-0.1, -0.05) is 0 Å². The van der Waals surface area contributed by atoms with Gasteiger partial charge in [-0.2, -0.15) is 0 Å². The maximum Gasteiger partial charge on any atom is 0.335 e. The summed E-state index contributed by atoms with van der Waals surface area (Å²) in [7, 11) is 1.83. The number of hydrogen-bond acceptors (Lipinski definition) is 2. The maximum atomic E-state index is 10.7. The standard InChI is InChI=1S/C10H13NO2/c1-6-4-8(10(12)13)5-7(2)9(6)11-3/h4-5,11H,1-3H3,(H,12,13). The van der Waals surface area contributed by atoms with Gasteiger partial charge in [-0.05, 0) is 37.1 Å². The van der Waals surface area contributed by atoms with E-state index in [0.717, 1.165) is 16.8 Å². The predicted molar refractivity (Wildman–Crippen MR) is 52.4 cm³/mol. The zero-order valence-electron chi connectivity index (χ0n) is 8.01. The molecule has 13 heavy (non-hydrogen) atoms. The van der Waals surface area contributed by atoms with Crippen LogP contribution in [-0.2, 0) is 0 Å². The van der Waals surface area contributed by atoms with Crippen LogP contribution >= 0.6 is 0 Å². The van der Waals surface area contributed by atoms with Crippen molar-refractivity contribution in [1.82, 2.24) is 0 Å². The first-order valence-corrected chi connectivity index (χ1v) is 4.08. The first-order valence-electron chi connectivity index (χ1n) is 4.08. The molecule has 0 spiro atoms. The van der Waals surface area contributed by atoms with E-state index in [-0.39, 0.29) is 0 Å². The minimum absolute atomic E-state index is 0.342. The number of nitrogens with one attached hydrogen (secondary N) is 1. The minimum atomic E-state index is -0.881. The highest BCUT2D eigenvalue weighted by atomic mass is 16.4. The molecule has 0 atom stereocenters. The van der Waals surface area contributed by atoms with Crippen molar-refractivity contribution >= 4 is 11.7 Å². The first-order chi connectivity index (χ1) is 6.06. The van der Waals surface area contributed by atoms with Crippen molar-refractivity contribution in [1.29, 1.82) is 0 Å². The normalized spacial score (nSPS) is 9.77. The van der Waals surface area contributed by atoms with E-state index < -0.39 is 5.97 Å². The van der Waals surface area contributed by atoms with Crippen LogP contribution in [0.5, 0.6) is 0 Å². The van der Waals surface area contributed by atoms with Crippen LogP contribution in [0, 0.1) is 13.8 Å². The molecule has 0 amide bonds. The molecule has 3 heteroatoms. The molecule has 0 heterocycles. The number of benzene rings is 1. The molecule has 0 aliphatic rings. The molecule has 0 radical (unpaired) electrons. The summed E-state index contributed by atoms with van der Waals surface area (Å²) < 4.78 is 0. The number of carboxylic acid groups (broad SMARTS) is 1. The predicted octanol–water partition coefficient (Wildman–Crippen LogP) is 2.04. The Labute approximate surface area is 77.4 Å². The smallest absolute Gasteiger partial charge is 0.335 e. The van der Waals surface area contributed by atoms with Crippen LogP contribution < -0.4 is 5.32 Å². The lowest BCUT2D eigenvalue weighted by atomic mass is 10.0. The fraction of sp³-hybridized carbons (Fsp3) is 0.300. The Hall–Kier alpha value is -1.51. The van der Waals surface area contributed by atoms with Gasteiger partial charge in [-0.15, -0.1) is 0 Å². The summed E-state index contributed by atoms with van der Waals surface area (Å²) in [4.78, 5) is 10.7. The Morgan fingerprint density at radius 2 is 1.77 bits per heavy atom. The second-order valence-corrected chi connectivity index (χ2v) is 3.04. The molecule has 0 saturated carbocycles. The monoisotopic (exact) mass is 179 g/mol. The van der Waals surface area contributed by atoms with Crippen LogP contribution in [-0.4, -0.2) is 18.1 Å². The lowest BCUT2D eigenvalue weighted by molar-refractivity contribution is 0.0696. The van der Waals surface area contributed by atoms with Gasteiger partial charge in [0.2, 0.25) is 0 Å². The van der Waals surface area contributed by atoms with Gasteiger partial charge in [0.1, 0.15) is 0 Å². The Kier molecular flexibility index (Phi) is 2.56. The number of anilines is 1. The van der Waals surface area contributed by atoms with Gasteiger partial charge in [0.05, 0.1) is 5.56 Å². The second-order valence-electron chi connectivity index (χ2n) is 3.04. The van der Waals surface area contributed by atoms with E-state index in [1.165, 1.54) is 0 Å². The van der Waals surface area contributed by atoms with E-state index in [4.69, 9.17) is 5.11 Å². The molecule has 1 aromatic carbocycles. The highest BCUT2D eigenvalue weighted by Crippen LogP contribution is 2.21. The van der Waals surface area contributed by atoms with Crippen molar-refractivity contribution in [3.8, 4) is 0 Å². The number of aryl methyl sites for hydroxylation is 2. The van der Waals surface area contributed by atoms with E-state index in [9.17, 15) is 4.79 Å². The third-order valence-corrected chi connectivity index (χ3v) is 2.03. The number of hydrogen-bond donors (Lipinski definition) is 2. The van der Waals surface area contributed by atoms with Crippen molar-refractivity contribution < 1.29 is 9.90 Å². The zero-order valence-corrected chi connectivity index (χ0v) is 8.01. The van der Waals surface area contributed by atoms with Crippen LogP contribution in [0.3, 0.4) is 0 Å². The molecule has 0 aliphatic carbocycles. The molecule has 0 aromatic heterocycles. The topological polar surface area (TPSA) is 49.3 Å². The van der Waals surface area contributed by atoms with Gasteiger partial charge in [0.15, 0.2) is 0 Å². The first kappa shape index (κ1) is 9.58. The molecule has 2 N–H and O–H groups in total. The maximum absolute atomic E-state index is 10.7. The van der Waals surface area contributed by atoms with Gasteiger partial charge in [0.25, 0.3) is 0 Å². The Morgan fingerprint density at radius 1 is 1.31 bits per heavy atom. The molecule has 0 bridgehead atoms. The van der Waals surface area contributed by atoms with Gasteiger partial charge in [0, 0.05) is 12.7 Å². The van der Waals surface area contributed by atoms with Crippen LogP contribution in [0.15, 0.2) is 12.1 Å². The van der Waals surface area contributed by atoms with Crippen molar-refractivity contribution in [2.45, 2.75) is 13.8 Å². The number of rotatable bonds is 2. The Bertz CT molecular complexity index is 322. The van der Waals surface area contributed by atoms with Crippen molar-refractivity contribution in [2.75, 3.05) is 12.4 Å². The number of carbonyl (C=O) groups is 1. The zero-order chi connectivity index (χ0) is 10.0. The molecular formula is C10H13NO2. The van der Waals surface area contributed by atoms with E-state index in [1.54, 1.807) is 12.1 Å². The molecule has 3 nitrogen and oxygen atoms in total. The fourth-order valence-electron chi connectivity index (χ4n) is 1.48. The summed E-state index contributed by atoms with van der Waals surface area (Å²) in [6.45, 7) is 3.79. The molecule has 0 unspecified atom stereocenters. The van der Waals surface area contributed by atoms with Crippen LogP contribution in [0.25, 0.3) is 0 Å². The SMILES string of the molecule is CNc1c(C)cc(C(=O)O)cc1C. The van der Waals surface area contributed by atoms with Gasteiger partial charge >= 0.3 is 5.97 Å². The molecule has 70 valence electrons. The van der Waals surface area contributed by atoms with Crippen LogP contribution in [0.2, 0.25) is 0 Å². The van der Waals surface area contributed by atoms with Crippen molar-refractivity contribution in [2.24, 2.45) is 0 Å². The average molecular weight is 179 g/mol. The summed E-state index contributed by atoms with van der Waals surface area (Å²) in [5.41, 5.74) is 3.26. The fourth-order valence-corrected chi connectivity index (χ4v) is 1.48. The highest BCUT2D eigenvalue weighted by molar-refractivity contribution is 5.89. The van der Waals surface area contributed by atoms with E-state index in [1.807, 2.05) is 20.9 Å². The van der Waals surface area contributed by atoms with Gasteiger partial charge in [-0.3, -0.25) is 0 Å². The quantitative estimate of drug-likeness (QED) is 0.730. The number of aromatic carboxylic acids is 1. The Balaban J connectivity index is 3.28. The molecule has 1 rings (SSSR count). The lowest BCUT2D eigenvalue weighted by Crippen LogP contribution is -2.01.